The molecule has 2 N–H and O–H groups in total. The molecule has 0 aliphatic carbocycles. The summed E-state index contributed by atoms with van der Waals surface area (Å²) in [6.45, 7) is 1.69. The summed E-state index contributed by atoms with van der Waals surface area (Å²) in [4.78, 5) is 14.3. The molecule has 1 aliphatic heterocycles. The van der Waals surface area contributed by atoms with Gasteiger partial charge in [-0.15, -0.1) is 0 Å². The number of nitrogens with two attached hydrogens (primary N) is 1. The second-order valence-electron chi connectivity index (χ2n) is 5.25. The summed E-state index contributed by atoms with van der Waals surface area (Å²) < 4.78 is 1.74. The van der Waals surface area contributed by atoms with Crippen LogP contribution in [0.15, 0.2) is 30.6 Å². The van der Waals surface area contributed by atoms with Crippen molar-refractivity contribution in [3.63, 3.8) is 0 Å². The van der Waals surface area contributed by atoms with Crippen LogP contribution in [0, 0.1) is 0 Å². The summed E-state index contributed by atoms with van der Waals surface area (Å²) >= 11 is 0. The number of benzene rings is 1. The smallest absolute Gasteiger partial charge is 0.253 e. The lowest BCUT2D eigenvalue weighted by Crippen LogP contribution is -2.27. The Labute approximate surface area is 118 Å². The third kappa shape index (κ3) is 2.39. The maximum atomic E-state index is 12.4. The molecule has 0 spiro atoms. The molecule has 5 heteroatoms. The highest BCUT2D eigenvalue weighted by Gasteiger charge is 2.20. The number of aryl methyl sites for hydroxylation is 1. The topological polar surface area (TPSA) is 64.2 Å². The van der Waals surface area contributed by atoms with Crippen molar-refractivity contribution in [3.8, 4) is 11.1 Å². The van der Waals surface area contributed by atoms with E-state index in [-0.39, 0.29) is 5.91 Å². The molecule has 20 heavy (non-hydrogen) atoms. The monoisotopic (exact) mass is 270 g/mol. The number of rotatable bonds is 2. The zero-order chi connectivity index (χ0) is 14.1. The van der Waals surface area contributed by atoms with Crippen LogP contribution in [0.2, 0.25) is 0 Å². The van der Waals surface area contributed by atoms with Crippen molar-refractivity contribution in [2.24, 2.45) is 7.05 Å². The Bertz CT molecular complexity index is 641. The maximum Gasteiger partial charge on any atom is 0.253 e. The van der Waals surface area contributed by atoms with E-state index in [2.05, 4.69) is 5.10 Å². The molecule has 0 atom stereocenters. The first-order valence-corrected chi connectivity index (χ1v) is 6.82. The molecule has 2 heterocycles. The molecule has 0 radical (unpaired) electrons. The minimum atomic E-state index is 0.0694. The predicted molar refractivity (Wildman–Crippen MR) is 78.2 cm³/mol. The summed E-state index contributed by atoms with van der Waals surface area (Å²) in [5, 5.41) is 4.16. The molecule has 104 valence electrons. The van der Waals surface area contributed by atoms with Gasteiger partial charge in [-0.2, -0.15) is 5.10 Å². The van der Waals surface area contributed by atoms with Gasteiger partial charge in [-0.3, -0.25) is 9.48 Å². The molecule has 5 nitrogen and oxygen atoms in total. The van der Waals surface area contributed by atoms with Crippen LogP contribution < -0.4 is 5.73 Å². The number of carbonyl (C=O) groups is 1. The van der Waals surface area contributed by atoms with Gasteiger partial charge in [0.15, 0.2) is 0 Å². The average Bonchev–Trinajstić information content (AvgIpc) is 3.08. The van der Waals surface area contributed by atoms with Gasteiger partial charge in [-0.25, -0.2) is 0 Å². The molecule has 2 aromatic rings. The average molecular weight is 270 g/mol. The molecule has 0 saturated carbocycles. The fourth-order valence-corrected chi connectivity index (χ4v) is 2.61. The number of likely N-dealkylation sites (tertiary alicyclic amines) is 1. The quantitative estimate of drug-likeness (QED) is 0.848. The molecule has 3 rings (SSSR count). The van der Waals surface area contributed by atoms with Gasteiger partial charge in [0.25, 0.3) is 5.91 Å². The molecule has 1 saturated heterocycles. The van der Waals surface area contributed by atoms with Crippen molar-refractivity contribution in [3.05, 3.63) is 36.2 Å². The molecule has 1 fully saturated rings. The Morgan fingerprint density at radius 3 is 2.60 bits per heavy atom. The second-order valence-corrected chi connectivity index (χ2v) is 5.25. The van der Waals surface area contributed by atoms with E-state index in [1.807, 2.05) is 30.3 Å². The lowest BCUT2D eigenvalue weighted by Gasteiger charge is -2.16. The summed E-state index contributed by atoms with van der Waals surface area (Å²) in [6, 6.07) is 5.52. The first kappa shape index (κ1) is 12.7. The second kappa shape index (κ2) is 5.00. The third-order valence-corrected chi connectivity index (χ3v) is 3.63. The molecule has 1 aromatic heterocycles. The Kier molecular flexibility index (Phi) is 3.18. The van der Waals surface area contributed by atoms with E-state index in [1.165, 1.54) is 0 Å². The zero-order valence-corrected chi connectivity index (χ0v) is 11.5. The highest BCUT2D eigenvalue weighted by atomic mass is 16.2. The van der Waals surface area contributed by atoms with Gasteiger partial charge >= 0.3 is 0 Å². The van der Waals surface area contributed by atoms with Crippen LogP contribution in [-0.4, -0.2) is 33.7 Å². The summed E-state index contributed by atoms with van der Waals surface area (Å²) in [5.41, 5.74) is 9.10. The number of aromatic nitrogens is 2. The maximum absolute atomic E-state index is 12.4. The first-order chi connectivity index (χ1) is 9.63. The van der Waals surface area contributed by atoms with Gasteiger partial charge in [0.1, 0.15) is 0 Å². The van der Waals surface area contributed by atoms with E-state index in [9.17, 15) is 4.79 Å². The number of nitrogens with zero attached hydrogens (tertiary/aromatic N) is 3. The van der Waals surface area contributed by atoms with Crippen molar-refractivity contribution in [2.75, 3.05) is 18.8 Å². The van der Waals surface area contributed by atoms with Crippen LogP contribution in [0.5, 0.6) is 0 Å². The number of hydrogen-bond acceptors (Lipinski definition) is 3. The minimum absolute atomic E-state index is 0.0694. The SMILES string of the molecule is Cn1cc(-c2cc(N)cc(C(=O)N3CCCC3)c2)cn1. The standard InChI is InChI=1S/C15H18N4O/c1-18-10-13(9-17-18)11-6-12(8-14(16)7-11)15(20)19-4-2-3-5-19/h6-10H,2-5,16H2,1H3. The van der Waals surface area contributed by atoms with Crippen molar-refractivity contribution in [2.45, 2.75) is 12.8 Å². The van der Waals surface area contributed by atoms with E-state index >= 15 is 0 Å². The van der Waals surface area contributed by atoms with E-state index in [0.717, 1.165) is 37.1 Å². The number of nitrogen functional groups attached to an aromatic ring is 1. The molecule has 1 aromatic carbocycles. The molecule has 0 unspecified atom stereocenters. The Hall–Kier alpha value is -2.30. The van der Waals surface area contributed by atoms with Crippen molar-refractivity contribution < 1.29 is 4.79 Å². The zero-order valence-electron chi connectivity index (χ0n) is 11.5. The Morgan fingerprint density at radius 2 is 1.95 bits per heavy atom. The van der Waals surface area contributed by atoms with E-state index < -0.39 is 0 Å². The van der Waals surface area contributed by atoms with Gasteiger partial charge in [0.05, 0.1) is 6.20 Å². The largest absolute Gasteiger partial charge is 0.399 e. The number of carbonyl (C=O) groups excluding carboxylic acids is 1. The van der Waals surface area contributed by atoms with Crippen LogP contribution in [0.4, 0.5) is 5.69 Å². The predicted octanol–water partition coefficient (Wildman–Crippen LogP) is 1.91. The number of amides is 1. The van der Waals surface area contributed by atoms with Crippen LogP contribution in [0.1, 0.15) is 23.2 Å². The van der Waals surface area contributed by atoms with Crippen molar-refractivity contribution in [1.82, 2.24) is 14.7 Å². The number of hydrogen-bond donors (Lipinski definition) is 1. The normalized spacial score (nSPS) is 14.8. The molecule has 1 aliphatic rings. The first-order valence-electron chi connectivity index (χ1n) is 6.82. The van der Waals surface area contributed by atoms with Crippen molar-refractivity contribution >= 4 is 11.6 Å². The molecule has 1 amide bonds. The van der Waals surface area contributed by atoms with Crippen LogP contribution in [0.3, 0.4) is 0 Å². The molecule has 0 bridgehead atoms. The summed E-state index contributed by atoms with van der Waals surface area (Å²) in [7, 11) is 1.87. The molecular weight excluding hydrogens is 252 g/mol. The fourth-order valence-electron chi connectivity index (χ4n) is 2.61. The van der Waals surface area contributed by atoms with Crippen molar-refractivity contribution in [1.29, 1.82) is 0 Å². The van der Waals surface area contributed by atoms with Gasteiger partial charge < -0.3 is 10.6 Å². The number of anilines is 1. The summed E-state index contributed by atoms with van der Waals surface area (Å²) in [5.74, 6) is 0.0694. The van der Waals surface area contributed by atoms with Gasteiger partial charge in [-0.05, 0) is 36.6 Å². The van der Waals surface area contributed by atoms with Crippen LogP contribution >= 0.6 is 0 Å². The Balaban J connectivity index is 1.96. The lowest BCUT2D eigenvalue weighted by molar-refractivity contribution is 0.0793. The minimum Gasteiger partial charge on any atom is -0.399 e. The Morgan fingerprint density at radius 1 is 1.20 bits per heavy atom. The molecular formula is C15H18N4O. The van der Waals surface area contributed by atoms with E-state index in [1.54, 1.807) is 16.9 Å². The van der Waals surface area contributed by atoms with Gasteiger partial charge in [0.2, 0.25) is 0 Å². The van der Waals surface area contributed by atoms with Crippen LogP contribution in [0.25, 0.3) is 11.1 Å². The lowest BCUT2D eigenvalue weighted by atomic mass is 10.0. The summed E-state index contributed by atoms with van der Waals surface area (Å²) in [6.07, 6.45) is 5.87. The fraction of sp³-hybridized carbons (Fsp3) is 0.333. The van der Waals surface area contributed by atoms with E-state index in [0.29, 0.717) is 11.3 Å². The van der Waals surface area contributed by atoms with Gasteiger partial charge in [0, 0.05) is 43.1 Å². The third-order valence-electron chi connectivity index (χ3n) is 3.63. The van der Waals surface area contributed by atoms with Crippen LogP contribution in [-0.2, 0) is 7.05 Å². The highest BCUT2D eigenvalue weighted by Crippen LogP contribution is 2.24. The van der Waals surface area contributed by atoms with Gasteiger partial charge in [-0.1, -0.05) is 0 Å². The highest BCUT2D eigenvalue weighted by molar-refractivity contribution is 5.96. The van der Waals surface area contributed by atoms with E-state index in [4.69, 9.17) is 5.73 Å².